The monoisotopic (exact) mass is 462 g/mol. The van der Waals surface area contributed by atoms with Gasteiger partial charge in [-0.25, -0.2) is 4.39 Å². The Morgan fingerprint density at radius 2 is 2.16 bits per heavy atom. The first-order valence-electron chi connectivity index (χ1n) is 10.6. The van der Waals surface area contributed by atoms with Gasteiger partial charge >= 0.3 is 0 Å². The van der Waals surface area contributed by atoms with Crippen LogP contribution in [0, 0.1) is 5.82 Å². The van der Waals surface area contributed by atoms with Crippen molar-refractivity contribution in [1.29, 1.82) is 0 Å². The second-order valence-corrected chi connectivity index (χ2v) is 8.19. The van der Waals surface area contributed by atoms with E-state index in [0.717, 1.165) is 43.6 Å². The molecule has 1 aliphatic heterocycles. The van der Waals surface area contributed by atoms with E-state index in [2.05, 4.69) is 10.1 Å². The summed E-state index contributed by atoms with van der Waals surface area (Å²) in [6.07, 6.45) is 11.0. The minimum atomic E-state index is -1.43. The van der Waals surface area contributed by atoms with Crippen LogP contribution in [0.1, 0.15) is 37.8 Å². The number of fused-ring (bicyclic) bond motifs is 1. The average molecular weight is 463 g/mol. The second-order valence-electron chi connectivity index (χ2n) is 8.19. The van der Waals surface area contributed by atoms with Crippen LogP contribution >= 0.6 is 12.4 Å². The Morgan fingerprint density at radius 1 is 1.38 bits per heavy atom. The van der Waals surface area contributed by atoms with Crippen molar-refractivity contribution in [3.8, 4) is 0 Å². The fourth-order valence-corrected chi connectivity index (χ4v) is 4.14. The van der Waals surface area contributed by atoms with Gasteiger partial charge in [0.25, 0.3) is 0 Å². The minimum absolute atomic E-state index is 0. The molecule has 1 aromatic heterocycles. The second kappa shape index (κ2) is 10.5. The number of carbonyl (C=O) groups is 1. The predicted octanol–water partition coefficient (Wildman–Crippen LogP) is 4.30. The Labute approximate surface area is 192 Å². The number of hydrogen-bond acceptors (Lipinski definition) is 6. The Hall–Kier alpha value is -2.32. The van der Waals surface area contributed by atoms with Crippen LogP contribution < -0.4 is 0 Å². The number of Topliss-reactive ketones (excluding diaryl/α,β-unsaturated/α-hetero) is 1. The number of nitrogens with zero attached hydrogens (tertiary/aromatic N) is 2. The first kappa shape index (κ1) is 24.3. The van der Waals surface area contributed by atoms with Gasteiger partial charge < -0.3 is 14.4 Å². The highest BCUT2D eigenvalue weighted by molar-refractivity contribution is 5.94. The number of piperidine rings is 1. The lowest BCUT2D eigenvalue weighted by Crippen LogP contribution is -2.34. The summed E-state index contributed by atoms with van der Waals surface area (Å²) in [6.45, 7) is 4.42. The van der Waals surface area contributed by atoms with Crippen molar-refractivity contribution in [2.24, 2.45) is 0 Å². The third-order valence-corrected chi connectivity index (χ3v) is 5.95. The maximum absolute atomic E-state index is 13.3. The number of carbonyl (C=O) groups excluding carboxylic acids is 1. The van der Waals surface area contributed by atoms with Gasteiger partial charge in [-0.3, -0.25) is 9.69 Å². The van der Waals surface area contributed by atoms with Gasteiger partial charge in [-0.05, 0) is 51.1 Å². The molecule has 0 saturated carbocycles. The standard InChI is InChI=1S/C24H27FN2O4.ClH/c1-17(28)19-5-4-10-24(29,16-19)30-14-3-2-11-27-12-8-18(9-13-27)23-21-7-6-20(25)15-22(21)31-26-23;/h2-7,10,15,18,29H,8-9,11-14,16H2,1H3;1H. The maximum Gasteiger partial charge on any atom is 0.190 e. The summed E-state index contributed by atoms with van der Waals surface area (Å²) in [5, 5.41) is 15.6. The van der Waals surface area contributed by atoms with E-state index in [-0.39, 0.29) is 37.0 Å². The van der Waals surface area contributed by atoms with Crippen molar-refractivity contribution in [2.75, 3.05) is 26.2 Å². The van der Waals surface area contributed by atoms with Crippen LogP contribution in [-0.4, -0.2) is 53.0 Å². The zero-order valence-electron chi connectivity index (χ0n) is 18.0. The smallest absolute Gasteiger partial charge is 0.190 e. The molecule has 1 N–H and O–H groups in total. The van der Waals surface area contributed by atoms with Crippen molar-refractivity contribution in [3.63, 3.8) is 0 Å². The molecule has 1 aliphatic carbocycles. The Balaban J connectivity index is 0.00000289. The number of likely N-dealkylation sites (tertiary alicyclic amines) is 1. The Kier molecular flexibility index (Phi) is 8.00. The fourth-order valence-electron chi connectivity index (χ4n) is 4.14. The lowest BCUT2D eigenvalue weighted by Gasteiger charge is -2.30. The van der Waals surface area contributed by atoms with Crippen LogP contribution in [0.15, 0.2) is 58.7 Å². The molecule has 2 aliphatic rings. The number of ether oxygens (including phenoxy) is 1. The Bertz CT molecular complexity index is 1040. The van der Waals surface area contributed by atoms with E-state index in [9.17, 15) is 14.3 Å². The van der Waals surface area contributed by atoms with Crippen molar-refractivity contribution in [3.05, 3.63) is 65.7 Å². The van der Waals surface area contributed by atoms with E-state index in [0.29, 0.717) is 17.1 Å². The molecule has 1 atom stereocenters. The van der Waals surface area contributed by atoms with Crippen LogP contribution in [0.25, 0.3) is 11.0 Å². The van der Waals surface area contributed by atoms with Crippen molar-refractivity contribution in [1.82, 2.24) is 10.1 Å². The average Bonchev–Trinajstić information content (AvgIpc) is 3.17. The SMILES string of the molecule is CC(=O)C1=CC=CC(O)(OCC=CCN2CCC(c3noc4cc(F)ccc34)CC2)C1.Cl. The van der Waals surface area contributed by atoms with E-state index < -0.39 is 5.79 Å². The fraction of sp³-hybridized carbons (Fsp3) is 0.417. The molecule has 1 fully saturated rings. The van der Waals surface area contributed by atoms with Crippen LogP contribution in [0.3, 0.4) is 0 Å². The van der Waals surface area contributed by atoms with Gasteiger partial charge in [-0.15, -0.1) is 12.4 Å². The first-order chi connectivity index (χ1) is 14.9. The van der Waals surface area contributed by atoms with E-state index >= 15 is 0 Å². The normalized spacial score (nSPS) is 22.3. The molecule has 0 spiro atoms. The first-order valence-corrected chi connectivity index (χ1v) is 10.6. The van der Waals surface area contributed by atoms with Crippen LogP contribution in [-0.2, 0) is 9.53 Å². The third kappa shape index (κ3) is 5.72. The molecular formula is C24H28ClFN2O4. The van der Waals surface area contributed by atoms with Gasteiger partial charge in [-0.1, -0.05) is 29.5 Å². The lowest BCUT2D eigenvalue weighted by atomic mass is 9.91. The molecule has 0 bridgehead atoms. The topological polar surface area (TPSA) is 75.8 Å². The molecular weight excluding hydrogens is 435 g/mol. The van der Waals surface area contributed by atoms with Crippen LogP contribution in [0.5, 0.6) is 0 Å². The number of hydrogen-bond donors (Lipinski definition) is 1. The molecule has 1 aromatic carbocycles. The third-order valence-electron chi connectivity index (χ3n) is 5.95. The van der Waals surface area contributed by atoms with Crippen LogP contribution in [0.4, 0.5) is 4.39 Å². The number of benzene rings is 1. The van der Waals surface area contributed by atoms with E-state index in [1.165, 1.54) is 19.1 Å². The van der Waals surface area contributed by atoms with Crippen molar-refractivity contribution >= 4 is 29.2 Å². The molecule has 8 heteroatoms. The quantitative estimate of drug-likeness (QED) is 0.488. The molecule has 2 heterocycles. The van der Waals surface area contributed by atoms with Gasteiger partial charge in [0, 0.05) is 35.9 Å². The largest absolute Gasteiger partial charge is 0.362 e. The van der Waals surface area contributed by atoms with E-state index in [1.807, 2.05) is 12.2 Å². The summed E-state index contributed by atoms with van der Waals surface area (Å²) in [5.41, 5.74) is 1.98. The highest BCUT2D eigenvalue weighted by atomic mass is 35.5. The van der Waals surface area contributed by atoms with E-state index in [4.69, 9.17) is 9.26 Å². The van der Waals surface area contributed by atoms with Gasteiger partial charge in [0.1, 0.15) is 5.82 Å². The molecule has 2 aromatic rings. The number of rotatable bonds is 7. The van der Waals surface area contributed by atoms with Gasteiger partial charge in [0.05, 0.1) is 12.3 Å². The van der Waals surface area contributed by atoms with E-state index in [1.54, 1.807) is 24.3 Å². The summed E-state index contributed by atoms with van der Waals surface area (Å²) in [7, 11) is 0. The molecule has 1 saturated heterocycles. The van der Waals surface area contributed by atoms with Gasteiger partial charge in [0.2, 0.25) is 0 Å². The summed E-state index contributed by atoms with van der Waals surface area (Å²) in [6, 6.07) is 4.57. The highest BCUT2D eigenvalue weighted by Gasteiger charge is 2.29. The molecule has 0 amide bonds. The number of aromatic nitrogens is 1. The maximum atomic E-state index is 13.3. The number of halogens is 2. The number of allylic oxidation sites excluding steroid dienone is 2. The molecule has 0 radical (unpaired) electrons. The van der Waals surface area contributed by atoms with Gasteiger partial charge in [0.15, 0.2) is 17.2 Å². The molecule has 1 unspecified atom stereocenters. The Morgan fingerprint density at radius 3 is 2.91 bits per heavy atom. The van der Waals surface area contributed by atoms with Gasteiger partial charge in [-0.2, -0.15) is 0 Å². The minimum Gasteiger partial charge on any atom is -0.362 e. The number of ketones is 1. The van der Waals surface area contributed by atoms with Crippen LogP contribution in [0.2, 0.25) is 0 Å². The molecule has 172 valence electrons. The summed E-state index contributed by atoms with van der Waals surface area (Å²) >= 11 is 0. The molecule has 4 rings (SSSR count). The van der Waals surface area contributed by atoms with Crippen molar-refractivity contribution in [2.45, 2.75) is 37.9 Å². The summed E-state index contributed by atoms with van der Waals surface area (Å²) < 4.78 is 24.2. The predicted molar refractivity (Wildman–Crippen MR) is 122 cm³/mol. The highest BCUT2D eigenvalue weighted by Crippen LogP contribution is 2.32. The molecule has 6 nitrogen and oxygen atoms in total. The molecule has 32 heavy (non-hydrogen) atoms. The zero-order valence-corrected chi connectivity index (χ0v) is 18.8. The van der Waals surface area contributed by atoms with Crippen molar-refractivity contribution < 1.29 is 23.6 Å². The summed E-state index contributed by atoms with van der Waals surface area (Å²) in [4.78, 5) is 13.8. The summed E-state index contributed by atoms with van der Waals surface area (Å²) in [5.74, 6) is -1.49. The number of aliphatic hydroxyl groups is 1. The lowest BCUT2D eigenvalue weighted by molar-refractivity contribution is -0.159. The zero-order chi connectivity index (χ0) is 21.8.